The van der Waals surface area contributed by atoms with Gasteiger partial charge in [0.2, 0.25) is 0 Å². The first-order chi connectivity index (χ1) is 10.7. The highest BCUT2D eigenvalue weighted by Crippen LogP contribution is 2.30. The number of halogens is 1. The minimum Gasteiger partial charge on any atom is -0.497 e. The number of nitrogens with two attached hydrogens (primary N) is 1. The first-order valence-corrected chi connectivity index (χ1v) is 8.32. The first-order valence-electron chi connectivity index (χ1n) is 7.52. The van der Waals surface area contributed by atoms with Crippen LogP contribution in [0.15, 0.2) is 53.0 Å². The smallest absolute Gasteiger partial charge is 0.119 e. The van der Waals surface area contributed by atoms with Gasteiger partial charge in [-0.25, -0.2) is 0 Å². The van der Waals surface area contributed by atoms with Crippen molar-refractivity contribution in [2.45, 2.75) is 18.5 Å². The molecule has 1 heterocycles. The number of nitrogens with zero attached hydrogens (tertiary/aromatic N) is 1. The van der Waals surface area contributed by atoms with Crippen LogP contribution < -0.4 is 10.5 Å². The lowest BCUT2D eigenvalue weighted by molar-refractivity contribution is 0.322. The van der Waals surface area contributed by atoms with Crippen molar-refractivity contribution in [2.24, 2.45) is 5.73 Å². The molecule has 0 bridgehead atoms. The average Bonchev–Trinajstić information content (AvgIpc) is 2.91. The van der Waals surface area contributed by atoms with Gasteiger partial charge in [-0.05, 0) is 29.3 Å². The molecule has 2 aromatic carbocycles. The number of ether oxygens (including phenoxy) is 1. The Kier molecular flexibility index (Phi) is 4.81. The highest BCUT2D eigenvalue weighted by atomic mass is 79.9. The third-order valence-corrected chi connectivity index (χ3v) is 5.09. The third-order valence-electron chi connectivity index (χ3n) is 4.32. The summed E-state index contributed by atoms with van der Waals surface area (Å²) in [7, 11) is 1.70. The summed E-state index contributed by atoms with van der Waals surface area (Å²) in [5.74, 6) is 1.30. The maximum absolute atomic E-state index is 6.37. The molecule has 3 rings (SSSR count). The number of benzene rings is 2. The molecule has 0 aromatic heterocycles. The molecular formula is C18H21BrN2O. The fraction of sp³-hybridized carbons (Fsp3) is 0.333. The fourth-order valence-electron chi connectivity index (χ4n) is 3.14. The van der Waals surface area contributed by atoms with E-state index >= 15 is 0 Å². The summed E-state index contributed by atoms with van der Waals surface area (Å²) in [6.07, 6.45) is 0. The van der Waals surface area contributed by atoms with E-state index in [2.05, 4.69) is 57.2 Å². The molecule has 22 heavy (non-hydrogen) atoms. The lowest BCUT2D eigenvalue weighted by atomic mass is 9.95. The third kappa shape index (κ3) is 3.35. The molecule has 1 aliphatic heterocycles. The van der Waals surface area contributed by atoms with Crippen molar-refractivity contribution >= 4 is 15.9 Å². The summed E-state index contributed by atoms with van der Waals surface area (Å²) < 4.78 is 6.44. The van der Waals surface area contributed by atoms with Gasteiger partial charge in [0.25, 0.3) is 0 Å². The highest BCUT2D eigenvalue weighted by molar-refractivity contribution is 9.10. The maximum Gasteiger partial charge on any atom is 0.119 e. The number of likely N-dealkylation sites (tertiary alicyclic amines) is 1. The van der Waals surface area contributed by atoms with Gasteiger partial charge in [0.1, 0.15) is 5.75 Å². The Labute approximate surface area is 140 Å². The van der Waals surface area contributed by atoms with Crippen molar-refractivity contribution < 1.29 is 4.74 Å². The van der Waals surface area contributed by atoms with Crippen molar-refractivity contribution in [1.29, 1.82) is 0 Å². The van der Waals surface area contributed by atoms with Gasteiger partial charge in [0.05, 0.1) is 7.11 Å². The zero-order chi connectivity index (χ0) is 15.5. The lowest BCUT2D eigenvalue weighted by Gasteiger charge is -2.17. The van der Waals surface area contributed by atoms with Gasteiger partial charge >= 0.3 is 0 Å². The topological polar surface area (TPSA) is 38.5 Å². The molecule has 0 unspecified atom stereocenters. The normalized spacial score (nSPS) is 22.0. The van der Waals surface area contributed by atoms with Crippen LogP contribution in [0.1, 0.15) is 17.0 Å². The van der Waals surface area contributed by atoms with Crippen LogP contribution in [0.5, 0.6) is 5.75 Å². The van der Waals surface area contributed by atoms with Gasteiger partial charge in [0, 0.05) is 36.1 Å². The molecule has 4 heteroatoms. The van der Waals surface area contributed by atoms with Gasteiger partial charge in [-0.2, -0.15) is 0 Å². The molecular weight excluding hydrogens is 340 g/mol. The van der Waals surface area contributed by atoms with Crippen molar-refractivity contribution in [3.05, 3.63) is 64.1 Å². The Bertz CT molecular complexity index is 632. The lowest BCUT2D eigenvalue weighted by Crippen LogP contribution is -2.28. The molecule has 0 radical (unpaired) electrons. The standard InChI is InChI=1S/C18H21BrN2O/c1-22-15-7-8-17(19)14(9-15)10-21-11-16(18(20)12-21)13-5-3-2-4-6-13/h2-9,16,18H,10-12,20H2,1H3/t16-,18+/m0/s1. The second-order valence-corrected chi connectivity index (χ2v) is 6.69. The van der Waals surface area contributed by atoms with Crippen LogP contribution in [-0.4, -0.2) is 31.1 Å². The number of hydrogen-bond acceptors (Lipinski definition) is 3. The van der Waals surface area contributed by atoms with Crippen LogP contribution in [0.3, 0.4) is 0 Å². The molecule has 116 valence electrons. The van der Waals surface area contributed by atoms with Crippen LogP contribution in [0.25, 0.3) is 0 Å². The predicted octanol–water partition coefficient (Wildman–Crippen LogP) is 3.38. The average molecular weight is 361 g/mol. The quantitative estimate of drug-likeness (QED) is 0.907. The highest BCUT2D eigenvalue weighted by Gasteiger charge is 2.31. The molecule has 0 amide bonds. The Morgan fingerprint density at radius 2 is 1.95 bits per heavy atom. The van der Waals surface area contributed by atoms with E-state index in [4.69, 9.17) is 10.5 Å². The van der Waals surface area contributed by atoms with Crippen molar-refractivity contribution in [2.75, 3.05) is 20.2 Å². The Hall–Kier alpha value is -1.36. The monoisotopic (exact) mass is 360 g/mol. The van der Waals surface area contributed by atoms with Gasteiger partial charge in [0.15, 0.2) is 0 Å². The second kappa shape index (κ2) is 6.82. The zero-order valence-electron chi connectivity index (χ0n) is 12.7. The van der Waals surface area contributed by atoms with E-state index in [1.54, 1.807) is 7.11 Å². The van der Waals surface area contributed by atoms with Crippen molar-refractivity contribution in [1.82, 2.24) is 4.90 Å². The molecule has 2 N–H and O–H groups in total. The van der Waals surface area contributed by atoms with Crippen molar-refractivity contribution in [3.8, 4) is 5.75 Å². The molecule has 2 aromatic rings. The molecule has 2 atom stereocenters. The largest absolute Gasteiger partial charge is 0.497 e. The number of rotatable bonds is 4. The van der Waals surface area contributed by atoms with E-state index in [-0.39, 0.29) is 6.04 Å². The zero-order valence-corrected chi connectivity index (χ0v) is 14.3. The van der Waals surface area contributed by atoms with E-state index in [1.807, 2.05) is 12.1 Å². The van der Waals surface area contributed by atoms with Gasteiger partial charge in [-0.3, -0.25) is 4.90 Å². The van der Waals surface area contributed by atoms with Gasteiger partial charge < -0.3 is 10.5 Å². The summed E-state index contributed by atoms with van der Waals surface area (Å²) in [5.41, 5.74) is 8.94. The number of hydrogen-bond donors (Lipinski definition) is 1. The van der Waals surface area contributed by atoms with Gasteiger partial charge in [-0.1, -0.05) is 46.3 Å². The van der Waals surface area contributed by atoms with Crippen LogP contribution >= 0.6 is 15.9 Å². The second-order valence-electron chi connectivity index (χ2n) is 5.83. The van der Waals surface area contributed by atoms with Gasteiger partial charge in [-0.15, -0.1) is 0 Å². The fourth-order valence-corrected chi connectivity index (χ4v) is 3.51. The minimum absolute atomic E-state index is 0.187. The summed E-state index contributed by atoms with van der Waals surface area (Å²) in [4.78, 5) is 2.42. The molecule has 1 fully saturated rings. The van der Waals surface area contributed by atoms with E-state index in [0.717, 1.165) is 29.9 Å². The predicted molar refractivity (Wildman–Crippen MR) is 93.1 cm³/mol. The van der Waals surface area contributed by atoms with Crippen LogP contribution in [0, 0.1) is 0 Å². The van der Waals surface area contributed by atoms with E-state index in [0.29, 0.717) is 5.92 Å². The maximum atomic E-state index is 6.37. The van der Waals surface area contributed by atoms with E-state index in [9.17, 15) is 0 Å². The molecule has 0 spiro atoms. The number of methoxy groups -OCH3 is 1. The van der Waals surface area contributed by atoms with Crippen LogP contribution in [0.2, 0.25) is 0 Å². The van der Waals surface area contributed by atoms with Crippen LogP contribution in [-0.2, 0) is 6.54 Å². The SMILES string of the molecule is COc1ccc(Br)c(CN2C[C@@H](N)[C@H](c3ccccc3)C2)c1. The summed E-state index contributed by atoms with van der Waals surface area (Å²) >= 11 is 3.63. The molecule has 0 aliphatic carbocycles. The minimum atomic E-state index is 0.187. The summed E-state index contributed by atoms with van der Waals surface area (Å²) in [5, 5.41) is 0. The first kappa shape index (κ1) is 15.5. The molecule has 0 saturated carbocycles. The van der Waals surface area contributed by atoms with Crippen molar-refractivity contribution in [3.63, 3.8) is 0 Å². The Morgan fingerprint density at radius 3 is 2.68 bits per heavy atom. The Morgan fingerprint density at radius 1 is 1.18 bits per heavy atom. The summed E-state index contributed by atoms with van der Waals surface area (Å²) in [6.45, 7) is 2.80. The van der Waals surface area contributed by atoms with Crippen LogP contribution in [0.4, 0.5) is 0 Å². The molecule has 1 saturated heterocycles. The summed E-state index contributed by atoms with van der Waals surface area (Å²) in [6, 6.07) is 16.9. The molecule has 1 aliphatic rings. The van der Waals surface area contributed by atoms with E-state index < -0.39 is 0 Å². The Balaban J connectivity index is 1.73. The molecule has 3 nitrogen and oxygen atoms in total. The van der Waals surface area contributed by atoms with E-state index in [1.165, 1.54) is 11.1 Å².